The standard InChI is InChI=1S/C39H45F2N7O3/c1-5-29-31(41)12-13-34-36(29)33(15-19-50-34)46-18-14-30-32(24-46)43-38(44-37(30)45(4)23-28-11-9-17-48(28)35(49)6-2)51-25-39(3)20-26(40)21-47(39)22-27-10-7-8-16-42-27/h1,6-8,10,12-13,16,26,28,33H,2,9,11,14-15,17-25H2,3-4H3/t26-,28+,33-,39+/m1/s1. The highest BCUT2D eigenvalue weighted by Crippen LogP contribution is 2.42. The molecule has 51 heavy (non-hydrogen) atoms. The molecule has 7 rings (SSSR count). The number of fused-ring (bicyclic) bond motifs is 2. The zero-order valence-electron chi connectivity index (χ0n) is 29.4. The minimum atomic E-state index is -0.991. The number of likely N-dealkylation sites (N-methyl/N-ethyl adjacent to an activating group) is 1. The Morgan fingerprint density at radius 3 is 2.90 bits per heavy atom. The number of likely N-dealkylation sites (tertiary alicyclic amines) is 2. The molecular weight excluding hydrogens is 652 g/mol. The van der Waals surface area contributed by atoms with Gasteiger partial charge in [-0.05, 0) is 56.5 Å². The van der Waals surface area contributed by atoms with Gasteiger partial charge in [0.1, 0.15) is 30.2 Å². The first-order valence-corrected chi connectivity index (χ1v) is 17.8. The third kappa shape index (κ3) is 7.02. The fraction of sp³-hybridized carbons (Fsp3) is 0.487. The first-order valence-electron chi connectivity index (χ1n) is 17.8. The molecule has 4 aliphatic rings. The lowest BCUT2D eigenvalue weighted by Crippen LogP contribution is -2.46. The number of carbonyl (C=O) groups excluding carboxylic acids is 1. The van der Waals surface area contributed by atoms with Crippen LogP contribution in [0.2, 0.25) is 0 Å². The Bertz CT molecular complexity index is 1820. The Kier molecular flexibility index (Phi) is 9.94. The van der Waals surface area contributed by atoms with Gasteiger partial charge in [0, 0.05) is 88.6 Å². The number of carbonyl (C=O) groups is 1. The zero-order chi connectivity index (χ0) is 35.7. The van der Waals surface area contributed by atoms with E-state index in [1.807, 2.05) is 37.1 Å². The second-order valence-electron chi connectivity index (χ2n) is 14.3. The van der Waals surface area contributed by atoms with Gasteiger partial charge in [-0.15, -0.1) is 6.42 Å². The molecule has 0 bridgehead atoms. The normalized spacial score (nSPS) is 24.7. The van der Waals surface area contributed by atoms with Crippen LogP contribution in [-0.2, 0) is 24.3 Å². The summed E-state index contributed by atoms with van der Waals surface area (Å²) >= 11 is 0. The smallest absolute Gasteiger partial charge is 0.318 e. The van der Waals surface area contributed by atoms with Crippen molar-refractivity contribution in [3.05, 3.63) is 83.1 Å². The van der Waals surface area contributed by atoms with E-state index in [1.54, 1.807) is 12.3 Å². The van der Waals surface area contributed by atoms with Crippen LogP contribution in [0.1, 0.15) is 66.7 Å². The quantitative estimate of drug-likeness (QED) is 0.218. The molecule has 6 heterocycles. The first kappa shape index (κ1) is 34.8. The summed E-state index contributed by atoms with van der Waals surface area (Å²) in [4.78, 5) is 35.4. The molecule has 268 valence electrons. The number of halogens is 2. The Labute approximate surface area is 298 Å². The summed E-state index contributed by atoms with van der Waals surface area (Å²) in [6.45, 7) is 9.63. The van der Waals surface area contributed by atoms with Crippen molar-refractivity contribution in [2.24, 2.45) is 0 Å². The SMILES string of the molecule is C#Cc1c(F)ccc2c1[C@H](N1CCc3c(nc(OC[C@]4(C)C[C@@H](F)CN4Cc4ccccn4)nc3N(C)C[C@@H]3CCCN3C(=O)C=C)C1)CCO2. The highest BCUT2D eigenvalue weighted by atomic mass is 19.1. The number of terminal acetylenes is 1. The number of alkyl halides is 1. The Hall–Kier alpha value is -4.60. The van der Waals surface area contributed by atoms with Crippen molar-refractivity contribution in [1.29, 1.82) is 0 Å². The van der Waals surface area contributed by atoms with Gasteiger partial charge >= 0.3 is 6.01 Å². The number of pyridine rings is 1. The summed E-state index contributed by atoms with van der Waals surface area (Å²) in [6.07, 6.45) is 11.4. The number of ether oxygens (including phenoxy) is 2. The molecule has 0 unspecified atom stereocenters. The lowest BCUT2D eigenvalue weighted by Gasteiger charge is -2.39. The second-order valence-corrected chi connectivity index (χ2v) is 14.3. The van der Waals surface area contributed by atoms with Gasteiger partial charge in [-0.25, -0.2) is 8.78 Å². The third-order valence-electron chi connectivity index (χ3n) is 10.9. The van der Waals surface area contributed by atoms with Gasteiger partial charge in [0.2, 0.25) is 5.91 Å². The van der Waals surface area contributed by atoms with E-state index >= 15 is 0 Å². The fourth-order valence-electron chi connectivity index (χ4n) is 8.30. The van der Waals surface area contributed by atoms with E-state index in [0.717, 1.165) is 35.6 Å². The van der Waals surface area contributed by atoms with Crippen molar-refractivity contribution in [1.82, 2.24) is 29.7 Å². The molecule has 3 aromatic rings. The maximum Gasteiger partial charge on any atom is 0.318 e. The van der Waals surface area contributed by atoms with Crippen molar-refractivity contribution < 1.29 is 23.0 Å². The number of rotatable bonds is 10. The highest BCUT2D eigenvalue weighted by molar-refractivity contribution is 5.87. The van der Waals surface area contributed by atoms with Crippen molar-refractivity contribution in [2.75, 3.05) is 51.3 Å². The van der Waals surface area contributed by atoms with Crippen LogP contribution in [0.25, 0.3) is 0 Å². The van der Waals surface area contributed by atoms with E-state index in [4.69, 9.17) is 25.9 Å². The predicted octanol–water partition coefficient (Wildman–Crippen LogP) is 4.87. The molecule has 0 saturated carbocycles. The number of anilines is 1. The number of hydrogen-bond donors (Lipinski definition) is 0. The number of nitrogens with zero attached hydrogens (tertiary/aromatic N) is 7. The Balaban J connectivity index is 1.19. The lowest BCUT2D eigenvalue weighted by molar-refractivity contribution is -0.126. The highest BCUT2D eigenvalue weighted by Gasteiger charge is 2.43. The second kappa shape index (κ2) is 14.6. The van der Waals surface area contributed by atoms with Crippen LogP contribution in [0.4, 0.5) is 14.6 Å². The van der Waals surface area contributed by atoms with E-state index in [1.165, 1.54) is 12.1 Å². The molecule has 0 aliphatic carbocycles. The minimum Gasteiger partial charge on any atom is -0.493 e. The van der Waals surface area contributed by atoms with E-state index in [2.05, 4.69) is 32.2 Å². The maximum absolute atomic E-state index is 15.0. The molecule has 0 N–H and O–H groups in total. The number of aromatic nitrogens is 3. The van der Waals surface area contributed by atoms with Gasteiger partial charge in [0.05, 0.1) is 29.1 Å². The van der Waals surface area contributed by atoms with Crippen LogP contribution in [0.5, 0.6) is 11.8 Å². The van der Waals surface area contributed by atoms with Crippen LogP contribution in [-0.4, -0.2) is 99.8 Å². The zero-order valence-corrected chi connectivity index (χ0v) is 29.4. The fourth-order valence-corrected chi connectivity index (χ4v) is 8.30. The molecule has 2 saturated heterocycles. The molecule has 1 amide bonds. The summed E-state index contributed by atoms with van der Waals surface area (Å²) < 4.78 is 42.2. The molecule has 2 aromatic heterocycles. The molecule has 4 aliphatic heterocycles. The Morgan fingerprint density at radius 1 is 1.25 bits per heavy atom. The summed E-state index contributed by atoms with van der Waals surface area (Å²) in [7, 11) is 1.99. The first-order chi connectivity index (χ1) is 24.7. The minimum absolute atomic E-state index is 0.0189. The summed E-state index contributed by atoms with van der Waals surface area (Å²) in [5.74, 6) is 3.42. The van der Waals surface area contributed by atoms with E-state index in [-0.39, 0.29) is 36.2 Å². The average molecular weight is 698 g/mol. The largest absolute Gasteiger partial charge is 0.493 e. The summed E-state index contributed by atoms with van der Waals surface area (Å²) in [5.41, 5.74) is 3.02. The molecule has 1 aromatic carbocycles. The van der Waals surface area contributed by atoms with Gasteiger partial charge in [0.25, 0.3) is 0 Å². The van der Waals surface area contributed by atoms with Crippen molar-refractivity contribution in [3.8, 4) is 24.1 Å². The molecular formula is C39H45F2N7O3. The van der Waals surface area contributed by atoms with Crippen LogP contribution in [0.3, 0.4) is 0 Å². The molecule has 10 nitrogen and oxygen atoms in total. The van der Waals surface area contributed by atoms with Crippen LogP contribution in [0, 0.1) is 18.2 Å². The molecule has 12 heteroatoms. The summed E-state index contributed by atoms with van der Waals surface area (Å²) in [5, 5.41) is 0. The molecule has 2 fully saturated rings. The van der Waals surface area contributed by atoms with E-state index in [0.29, 0.717) is 76.5 Å². The van der Waals surface area contributed by atoms with E-state index in [9.17, 15) is 13.6 Å². The van der Waals surface area contributed by atoms with Gasteiger partial charge in [-0.2, -0.15) is 9.97 Å². The predicted molar refractivity (Wildman–Crippen MR) is 190 cm³/mol. The number of benzene rings is 1. The monoisotopic (exact) mass is 697 g/mol. The van der Waals surface area contributed by atoms with Gasteiger partial charge in [-0.3, -0.25) is 19.6 Å². The molecule has 4 atom stereocenters. The van der Waals surface area contributed by atoms with Crippen molar-refractivity contribution in [3.63, 3.8) is 0 Å². The Morgan fingerprint density at radius 2 is 2.12 bits per heavy atom. The average Bonchev–Trinajstić information content (AvgIpc) is 3.72. The molecule has 0 radical (unpaired) electrons. The van der Waals surface area contributed by atoms with Crippen LogP contribution >= 0.6 is 0 Å². The van der Waals surface area contributed by atoms with Gasteiger partial charge in [0.15, 0.2) is 0 Å². The van der Waals surface area contributed by atoms with Gasteiger partial charge < -0.3 is 19.3 Å². The summed E-state index contributed by atoms with van der Waals surface area (Å²) in [6, 6.07) is 8.84. The molecule has 0 spiro atoms. The van der Waals surface area contributed by atoms with Crippen molar-refractivity contribution in [2.45, 2.75) is 75.9 Å². The van der Waals surface area contributed by atoms with Crippen LogP contribution < -0.4 is 14.4 Å². The van der Waals surface area contributed by atoms with E-state index < -0.39 is 17.5 Å². The number of hydrogen-bond acceptors (Lipinski definition) is 9. The topological polar surface area (TPSA) is 87.2 Å². The third-order valence-corrected chi connectivity index (χ3v) is 10.9. The van der Waals surface area contributed by atoms with Crippen molar-refractivity contribution >= 4 is 11.7 Å². The maximum atomic E-state index is 15.0. The van der Waals surface area contributed by atoms with Crippen LogP contribution in [0.15, 0.2) is 49.2 Å². The van der Waals surface area contributed by atoms with Gasteiger partial charge in [-0.1, -0.05) is 18.6 Å². The lowest BCUT2D eigenvalue weighted by atomic mass is 9.91. The number of amides is 1.